The van der Waals surface area contributed by atoms with Crippen molar-refractivity contribution in [3.05, 3.63) is 29.6 Å². The van der Waals surface area contributed by atoms with Gasteiger partial charge in [-0.2, -0.15) is 0 Å². The Kier molecular flexibility index (Phi) is 3.88. The molecule has 2 atom stereocenters. The molecule has 2 rings (SSSR count). The number of ether oxygens (including phenoxy) is 2. The van der Waals surface area contributed by atoms with Gasteiger partial charge in [-0.15, -0.1) is 0 Å². The summed E-state index contributed by atoms with van der Waals surface area (Å²) >= 11 is 0. The first-order chi connectivity index (χ1) is 8.58. The molecular formula is C14H20FNO2. The van der Waals surface area contributed by atoms with Crippen molar-refractivity contribution in [3.63, 3.8) is 0 Å². The molecule has 3 nitrogen and oxygen atoms in total. The second kappa shape index (κ2) is 5.24. The zero-order valence-corrected chi connectivity index (χ0v) is 11.1. The minimum Gasteiger partial charge on any atom is -0.494 e. The van der Waals surface area contributed by atoms with Crippen LogP contribution in [0.5, 0.6) is 5.75 Å². The fraction of sp³-hybridized carbons (Fsp3) is 0.571. The molecule has 0 saturated carbocycles. The molecule has 1 aliphatic heterocycles. The maximum atomic E-state index is 13.6. The van der Waals surface area contributed by atoms with E-state index < -0.39 is 0 Å². The molecule has 0 bridgehead atoms. The molecule has 4 heteroatoms. The minimum absolute atomic E-state index is 0.0293. The monoisotopic (exact) mass is 253 g/mol. The molecule has 0 amide bonds. The summed E-state index contributed by atoms with van der Waals surface area (Å²) < 4.78 is 24.4. The van der Waals surface area contributed by atoms with Crippen LogP contribution in [0.25, 0.3) is 0 Å². The Labute approximate surface area is 107 Å². The van der Waals surface area contributed by atoms with E-state index in [2.05, 4.69) is 19.2 Å². The Balaban J connectivity index is 2.08. The third-order valence-corrected chi connectivity index (χ3v) is 3.65. The lowest BCUT2D eigenvalue weighted by Gasteiger charge is -2.38. The molecule has 1 aromatic rings. The van der Waals surface area contributed by atoms with Crippen molar-refractivity contribution < 1.29 is 13.9 Å². The van der Waals surface area contributed by atoms with Crippen LogP contribution >= 0.6 is 0 Å². The summed E-state index contributed by atoms with van der Waals surface area (Å²) in [5.74, 6) is -0.0802. The van der Waals surface area contributed by atoms with Crippen molar-refractivity contribution in [2.75, 3.05) is 20.3 Å². The number of benzene rings is 1. The smallest absolute Gasteiger partial charge is 0.165 e. The highest BCUT2D eigenvalue weighted by atomic mass is 19.1. The number of hydrogen-bond donors (Lipinski definition) is 1. The van der Waals surface area contributed by atoms with E-state index in [1.165, 1.54) is 13.2 Å². The van der Waals surface area contributed by atoms with Gasteiger partial charge < -0.3 is 14.8 Å². The highest BCUT2D eigenvalue weighted by molar-refractivity contribution is 5.31. The van der Waals surface area contributed by atoms with E-state index in [-0.39, 0.29) is 23.2 Å². The van der Waals surface area contributed by atoms with Crippen molar-refractivity contribution in [2.45, 2.75) is 31.9 Å². The minimum atomic E-state index is -0.345. The van der Waals surface area contributed by atoms with E-state index in [0.29, 0.717) is 13.2 Å². The maximum absolute atomic E-state index is 13.6. The molecule has 1 N–H and O–H groups in total. The van der Waals surface area contributed by atoms with Gasteiger partial charge in [-0.05, 0) is 31.0 Å². The molecule has 0 radical (unpaired) electrons. The van der Waals surface area contributed by atoms with E-state index in [1.807, 2.05) is 6.07 Å². The summed E-state index contributed by atoms with van der Waals surface area (Å²) in [5, 5.41) is 3.46. The summed E-state index contributed by atoms with van der Waals surface area (Å²) in [6.07, 6.45) is 0.918. The van der Waals surface area contributed by atoms with Crippen LogP contribution in [-0.2, 0) is 4.74 Å². The molecule has 2 unspecified atom stereocenters. The molecule has 0 spiro atoms. The average molecular weight is 253 g/mol. The lowest BCUT2D eigenvalue weighted by atomic mass is 9.96. The van der Waals surface area contributed by atoms with E-state index in [4.69, 9.17) is 9.47 Å². The van der Waals surface area contributed by atoms with Crippen LogP contribution in [0.4, 0.5) is 4.39 Å². The molecule has 1 heterocycles. The maximum Gasteiger partial charge on any atom is 0.165 e. The Morgan fingerprint density at radius 2 is 2.33 bits per heavy atom. The lowest BCUT2D eigenvalue weighted by Crippen LogP contribution is -2.52. The van der Waals surface area contributed by atoms with Crippen LogP contribution in [0.1, 0.15) is 31.9 Å². The first-order valence-corrected chi connectivity index (χ1v) is 6.28. The van der Waals surface area contributed by atoms with Crippen molar-refractivity contribution in [1.29, 1.82) is 0 Å². The van der Waals surface area contributed by atoms with Crippen LogP contribution < -0.4 is 10.1 Å². The Hall–Kier alpha value is -1.13. The summed E-state index contributed by atoms with van der Waals surface area (Å²) in [6, 6.07) is 4.98. The molecule has 1 fully saturated rings. The van der Waals surface area contributed by atoms with Gasteiger partial charge in [0.2, 0.25) is 0 Å². The third kappa shape index (κ3) is 2.65. The first kappa shape index (κ1) is 13.3. The van der Waals surface area contributed by atoms with E-state index in [9.17, 15) is 4.39 Å². The number of nitrogens with one attached hydrogen (secondary N) is 1. The van der Waals surface area contributed by atoms with E-state index in [0.717, 1.165) is 12.0 Å². The SMILES string of the molecule is CCC1(C)COC(c2ccc(OC)c(F)c2)CN1. The lowest BCUT2D eigenvalue weighted by molar-refractivity contribution is -0.0300. The largest absolute Gasteiger partial charge is 0.494 e. The predicted molar refractivity (Wildman–Crippen MR) is 68.3 cm³/mol. The van der Waals surface area contributed by atoms with Gasteiger partial charge in [-0.3, -0.25) is 0 Å². The van der Waals surface area contributed by atoms with Crippen LogP contribution in [0, 0.1) is 5.82 Å². The fourth-order valence-corrected chi connectivity index (χ4v) is 2.06. The van der Waals surface area contributed by atoms with E-state index >= 15 is 0 Å². The zero-order chi connectivity index (χ0) is 13.2. The van der Waals surface area contributed by atoms with Gasteiger partial charge in [0.25, 0.3) is 0 Å². The second-order valence-corrected chi connectivity index (χ2v) is 4.99. The predicted octanol–water partition coefficient (Wildman–Crippen LogP) is 2.66. The van der Waals surface area contributed by atoms with Crippen LogP contribution in [0.3, 0.4) is 0 Å². The third-order valence-electron chi connectivity index (χ3n) is 3.65. The molecule has 1 aliphatic rings. The fourth-order valence-electron chi connectivity index (χ4n) is 2.06. The number of methoxy groups -OCH3 is 1. The van der Waals surface area contributed by atoms with Gasteiger partial charge in [0.15, 0.2) is 11.6 Å². The number of rotatable bonds is 3. The normalized spacial score (nSPS) is 28.1. The molecule has 0 aliphatic carbocycles. The van der Waals surface area contributed by atoms with Crippen LogP contribution in [0.15, 0.2) is 18.2 Å². The molecule has 100 valence electrons. The highest BCUT2D eigenvalue weighted by Gasteiger charge is 2.30. The van der Waals surface area contributed by atoms with Gasteiger partial charge in [-0.25, -0.2) is 4.39 Å². The molecule has 0 aromatic heterocycles. The van der Waals surface area contributed by atoms with Gasteiger partial charge in [0.1, 0.15) is 0 Å². The van der Waals surface area contributed by atoms with Crippen LogP contribution in [-0.4, -0.2) is 25.8 Å². The van der Waals surface area contributed by atoms with Crippen molar-refractivity contribution in [2.24, 2.45) is 0 Å². The van der Waals surface area contributed by atoms with Gasteiger partial charge in [0, 0.05) is 12.1 Å². The molecule has 18 heavy (non-hydrogen) atoms. The molecule has 1 saturated heterocycles. The van der Waals surface area contributed by atoms with Crippen molar-refractivity contribution in [1.82, 2.24) is 5.32 Å². The topological polar surface area (TPSA) is 30.5 Å². The highest BCUT2D eigenvalue weighted by Crippen LogP contribution is 2.28. The second-order valence-electron chi connectivity index (χ2n) is 4.99. The van der Waals surface area contributed by atoms with E-state index in [1.54, 1.807) is 6.07 Å². The summed E-state index contributed by atoms with van der Waals surface area (Å²) in [6.45, 7) is 5.61. The Bertz CT molecular complexity index is 414. The summed E-state index contributed by atoms with van der Waals surface area (Å²) in [5.41, 5.74) is 0.876. The summed E-state index contributed by atoms with van der Waals surface area (Å²) in [4.78, 5) is 0. The standard InChI is InChI=1S/C14H20FNO2/c1-4-14(2)9-18-13(8-16-14)10-5-6-12(17-3)11(15)7-10/h5-7,13,16H,4,8-9H2,1-3H3. The van der Waals surface area contributed by atoms with Crippen molar-refractivity contribution in [3.8, 4) is 5.75 Å². The first-order valence-electron chi connectivity index (χ1n) is 6.28. The van der Waals surface area contributed by atoms with Crippen LogP contribution in [0.2, 0.25) is 0 Å². The average Bonchev–Trinajstić information content (AvgIpc) is 2.39. The van der Waals surface area contributed by atoms with Crippen molar-refractivity contribution >= 4 is 0 Å². The van der Waals surface area contributed by atoms with Gasteiger partial charge in [-0.1, -0.05) is 13.0 Å². The van der Waals surface area contributed by atoms with Gasteiger partial charge >= 0.3 is 0 Å². The Morgan fingerprint density at radius 3 is 2.83 bits per heavy atom. The molecule has 1 aromatic carbocycles. The number of morpholine rings is 1. The number of hydrogen-bond acceptors (Lipinski definition) is 3. The number of halogens is 1. The zero-order valence-electron chi connectivity index (χ0n) is 11.1. The van der Waals surface area contributed by atoms with Gasteiger partial charge in [0.05, 0.1) is 19.8 Å². The molecular weight excluding hydrogens is 233 g/mol. The quantitative estimate of drug-likeness (QED) is 0.898. The Morgan fingerprint density at radius 1 is 1.56 bits per heavy atom. The summed E-state index contributed by atoms with van der Waals surface area (Å²) in [7, 11) is 1.46.